The molecule has 6 nitrogen and oxygen atoms in total. The summed E-state index contributed by atoms with van der Waals surface area (Å²) in [5.41, 5.74) is 0. The van der Waals surface area contributed by atoms with Crippen molar-refractivity contribution in [3.63, 3.8) is 0 Å². The van der Waals surface area contributed by atoms with E-state index in [2.05, 4.69) is 14.9 Å². The zero-order valence-corrected chi connectivity index (χ0v) is 13.1. The molecular weight excluding hydrogens is 300 g/mol. The highest BCUT2D eigenvalue weighted by Crippen LogP contribution is 2.21. The van der Waals surface area contributed by atoms with Crippen LogP contribution in [0.15, 0.2) is 11.2 Å². The highest BCUT2D eigenvalue weighted by Gasteiger charge is 2.23. The Labute approximate surface area is 127 Å². The van der Waals surface area contributed by atoms with Gasteiger partial charge < -0.3 is 14.5 Å². The van der Waals surface area contributed by atoms with Crippen LogP contribution in [0, 0.1) is 0 Å². The molecule has 0 aliphatic carbocycles. The fourth-order valence-electron chi connectivity index (χ4n) is 1.97. The Kier molecular flexibility index (Phi) is 5.31. The molecule has 0 spiro atoms. The van der Waals surface area contributed by atoms with Crippen molar-refractivity contribution in [3.8, 4) is 0 Å². The van der Waals surface area contributed by atoms with Gasteiger partial charge in [-0.1, -0.05) is 23.4 Å². The second kappa shape index (κ2) is 6.99. The number of hydrogen-bond donors (Lipinski definition) is 0. The lowest BCUT2D eigenvalue weighted by molar-refractivity contribution is 0.105. The molecular formula is C12H17ClN4O2S. The smallest absolute Gasteiger partial charge is 0.409 e. The van der Waals surface area contributed by atoms with Gasteiger partial charge in [0.25, 0.3) is 0 Å². The lowest BCUT2D eigenvalue weighted by Crippen LogP contribution is -2.49. The topological polar surface area (TPSA) is 58.6 Å². The van der Waals surface area contributed by atoms with Crippen LogP contribution in [0.4, 0.5) is 10.6 Å². The molecule has 1 aromatic rings. The minimum Gasteiger partial charge on any atom is -0.450 e. The Hall–Kier alpha value is -1.21. The third-order valence-corrected chi connectivity index (χ3v) is 3.71. The summed E-state index contributed by atoms with van der Waals surface area (Å²) >= 11 is 7.45. The van der Waals surface area contributed by atoms with Gasteiger partial charge in [0.2, 0.25) is 0 Å². The summed E-state index contributed by atoms with van der Waals surface area (Å²) in [7, 11) is 0. The number of anilines is 1. The Morgan fingerprint density at radius 3 is 2.70 bits per heavy atom. The van der Waals surface area contributed by atoms with Gasteiger partial charge in [-0.25, -0.2) is 14.8 Å². The molecule has 0 saturated carbocycles. The molecule has 1 saturated heterocycles. The minimum absolute atomic E-state index is 0.252. The lowest BCUT2D eigenvalue weighted by Gasteiger charge is -2.34. The van der Waals surface area contributed by atoms with Crippen LogP contribution in [-0.2, 0) is 4.74 Å². The van der Waals surface area contributed by atoms with Crippen molar-refractivity contribution in [1.82, 2.24) is 14.9 Å². The van der Waals surface area contributed by atoms with Gasteiger partial charge in [0, 0.05) is 32.2 Å². The van der Waals surface area contributed by atoms with Crippen LogP contribution >= 0.6 is 23.4 Å². The van der Waals surface area contributed by atoms with E-state index in [0.29, 0.717) is 43.1 Å². The van der Waals surface area contributed by atoms with E-state index in [-0.39, 0.29) is 6.09 Å². The second-order valence-electron chi connectivity index (χ2n) is 4.21. The molecule has 8 heteroatoms. The van der Waals surface area contributed by atoms with Gasteiger partial charge in [0.05, 0.1) is 6.61 Å². The first-order valence-electron chi connectivity index (χ1n) is 6.39. The van der Waals surface area contributed by atoms with Gasteiger partial charge in [-0.3, -0.25) is 0 Å². The van der Waals surface area contributed by atoms with E-state index in [1.165, 1.54) is 11.8 Å². The second-order valence-corrected chi connectivity index (χ2v) is 5.37. The highest BCUT2D eigenvalue weighted by atomic mass is 35.5. The van der Waals surface area contributed by atoms with Gasteiger partial charge in [-0.15, -0.1) is 0 Å². The Balaban J connectivity index is 2.00. The molecule has 1 aromatic heterocycles. The lowest BCUT2D eigenvalue weighted by atomic mass is 10.3. The average Bonchev–Trinajstić information content (AvgIpc) is 2.47. The fourth-order valence-corrected chi connectivity index (χ4v) is 2.57. The monoisotopic (exact) mass is 316 g/mol. The number of thioether (sulfide) groups is 1. The number of amides is 1. The third kappa shape index (κ3) is 3.67. The van der Waals surface area contributed by atoms with Gasteiger partial charge in [-0.05, 0) is 13.2 Å². The molecule has 0 aromatic carbocycles. The van der Waals surface area contributed by atoms with Gasteiger partial charge in [0.1, 0.15) is 11.0 Å². The Morgan fingerprint density at radius 2 is 2.10 bits per heavy atom. The predicted octanol–water partition coefficient (Wildman–Crippen LogP) is 2.13. The van der Waals surface area contributed by atoms with E-state index in [1.54, 1.807) is 17.9 Å². The summed E-state index contributed by atoms with van der Waals surface area (Å²) in [6.07, 6.45) is 1.66. The summed E-state index contributed by atoms with van der Waals surface area (Å²) < 4.78 is 5.00. The van der Waals surface area contributed by atoms with E-state index in [4.69, 9.17) is 16.3 Å². The minimum atomic E-state index is -0.252. The van der Waals surface area contributed by atoms with E-state index >= 15 is 0 Å². The molecule has 2 heterocycles. The van der Waals surface area contributed by atoms with E-state index in [1.807, 2.05) is 6.26 Å². The summed E-state index contributed by atoms with van der Waals surface area (Å²) in [6.45, 7) is 4.86. The molecule has 0 unspecified atom stereocenters. The molecule has 20 heavy (non-hydrogen) atoms. The number of rotatable bonds is 3. The standard InChI is InChI=1S/C12H17ClN4O2S/c1-3-19-12(18)17-6-4-16(5-7-17)10-8-9(13)14-11(15-10)20-2/h8H,3-7H2,1-2H3. The quantitative estimate of drug-likeness (QED) is 0.484. The first kappa shape index (κ1) is 15.2. The zero-order chi connectivity index (χ0) is 14.5. The maximum Gasteiger partial charge on any atom is 0.409 e. The van der Waals surface area contributed by atoms with Crippen LogP contribution < -0.4 is 4.90 Å². The van der Waals surface area contributed by atoms with Crippen LogP contribution in [0.3, 0.4) is 0 Å². The van der Waals surface area contributed by atoms with Crippen molar-refractivity contribution in [1.29, 1.82) is 0 Å². The highest BCUT2D eigenvalue weighted by molar-refractivity contribution is 7.98. The van der Waals surface area contributed by atoms with Crippen LogP contribution in [-0.4, -0.2) is 60.0 Å². The van der Waals surface area contributed by atoms with Crippen LogP contribution in [0.1, 0.15) is 6.92 Å². The first-order valence-corrected chi connectivity index (χ1v) is 7.99. The maximum atomic E-state index is 11.6. The molecule has 0 N–H and O–H groups in total. The van der Waals surface area contributed by atoms with Gasteiger partial charge >= 0.3 is 6.09 Å². The molecule has 1 fully saturated rings. The number of nitrogens with zero attached hydrogens (tertiary/aromatic N) is 4. The number of piperazine rings is 1. The van der Waals surface area contributed by atoms with Crippen LogP contribution in [0.25, 0.3) is 0 Å². The Morgan fingerprint density at radius 1 is 1.40 bits per heavy atom. The van der Waals surface area contributed by atoms with Gasteiger partial charge in [-0.2, -0.15) is 0 Å². The number of aromatic nitrogens is 2. The number of hydrogen-bond acceptors (Lipinski definition) is 6. The number of ether oxygens (including phenoxy) is 1. The van der Waals surface area contributed by atoms with E-state index in [0.717, 1.165) is 5.82 Å². The molecule has 2 rings (SSSR count). The molecule has 0 bridgehead atoms. The van der Waals surface area contributed by atoms with Crippen molar-refractivity contribution < 1.29 is 9.53 Å². The van der Waals surface area contributed by atoms with Crippen molar-refractivity contribution in [2.45, 2.75) is 12.1 Å². The molecule has 1 aliphatic rings. The van der Waals surface area contributed by atoms with E-state index < -0.39 is 0 Å². The molecule has 0 radical (unpaired) electrons. The molecule has 1 aliphatic heterocycles. The summed E-state index contributed by atoms with van der Waals surface area (Å²) in [6, 6.07) is 1.75. The largest absolute Gasteiger partial charge is 0.450 e. The fraction of sp³-hybridized carbons (Fsp3) is 0.583. The zero-order valence-electron chi connectivity index (χ0n) is 11.5. The summed E-state index contributed by atoms with van der Waals surface area (Å²) in [4.78, 5) is 24.0. The predicted molar refractivity (Wildman–Crippen MR) is 79.6 cm³/mol. The SMILES string of the molecule is CCOC(=O)N1CCN(c2cc(Cl)nc(SC)n2)CC1. The molecule has 1 amide bonds. The average molecular weight is 317 g/mol. The number of halogens is 1. The van der Waals surface area contributed by atoms with Crippen LogP contribution in [0.5, 0.6) is 0 Å². The number of carbonyl (C=O) groups excluding carboxylic acids is 1. The van der Waals surface area contributed by atoms with Crippen molar-refractivity contribution >= 4 is 35.3 Å². The normalized spacial score (nSPS) is 15.3. The van der Waals surface area contributed by atoms with Crippen LogP contribution in [0.2, 0.25) is 5.15 Å². The third-order valence-electron chi connectivity index (χ3n) is 2.97. The van der Waals surface area contributed by atoms with Crippen molar-refractivity contribution in [3.05, 3.63) is 11.2 Å². The first-order chi connectivity index (χ1) is 9.63. The van der Waals surface area contributed by atoms with E-state index in [9.17, 15) is 4.79 Å². The van der Waals surface area contributed by atoms with Gasteiger partial charge in [0.15, 0.2) is 5.16 Å². The number of carbonyl (C=O) groups is 1. The van der Waals surface area contributed by atoms with Crippen molar-refractivity contribution in [2.75, 3.05) is 43.9 Å². The van der Waals surface area contributed by atoms with Crippen molar-refractivity contribution in [2.24, 2.45) is 0 Å². The summed E-state index contributed by atoms with van der Waals surface area (Å²) in [5, 5.41) is 1.09. The maximum absolute atomic E-state index is 11.6. The molecule has 110 valence electrons. The summed E-state index contributed by atoms with van der Waals surface area (Å²) in [5.74, 6) is 0.804. The molecule has 0 atom stereocenters. The Bertz CT molecular complexity index is 481.